The molecule has 0 saturated carbocycles. The van der Waals surface area contributed by atoms with E-state index in [1.165, 1.54) is 12.1 Å². The van der Waals surface area contributed by atoms with E-state index in [1.807, 2.05) is 72.5 Å². The average molecular weight is 519 g/mol. The fourth-order valence-electron chi connectivity index (χ4n) is 5.42. The van der Waals surface area contributed by atoms with Crippen LogP contribution in [0.25, 0.3) is 33.4 Å². The van der Waals surface area contributed by atoms with Crippen molar-refractivity contribution in [1.82, 2.24) is 9.88 Å². The summed E-state index contributed by atoms with van der Waals surface area (Å²) < 4.78 is 19.7. The van der Waals surface area contributed by atoms with Crippen molar-refractivity contribution in [3.8, 4) is 22.5 Å². The maximum atomic E-state index is 13.6. The van der Waals surface area contributed by atoms with E-state index in [0.717, 1.165) is 29.7 Å². The van der Waals surface area contributed by atoms with Gasteiger partial charge in [-0.2, -0.15) is 0 Å². The number of fused-ring (bicyclic) bond motifs is 1. The summed E-state index contributed by atoms with van der Waals surface area (Å²) in [7, 11) is 0. The van der Waals surface area contributed by atoms with Gasteiger partial charge in [-0.05, 0) is 84.6 Å². The zero-order valence-corrected chi connectivity index (χ0v) is 21.6. The van der Waals surface area contributed by atoms with E-state index in [4.69, 9.17) is 4.42 Å². The Hall–Kier alpha value is -4.58. The van der Waals surface area contributed by atoms with E-state index in [1.54, 1.807) is 18.3 Å². The van der Waals surface area contributed by atoms with Crippen LogP contribution in [0.5, 0.6) is 0 Å². The third-order valence-electron chi connectivity index (χ3n) is 7.38. The highest BCUT2D eigenvalue weighted by Crippen LogP contribution is 2.37. The Kier molecular flexibility index (Phi) is 6.53. The van der Waals surface area contributed by atoms with Crippen LogP contribution in [0.4, 0.5) is 4.39 Å². The molecule has 194 valence electrons. The lowest BCUT2D eigenvalue weighted by Gasteiger charge is -2.24. The van der Waals surface area contributed by atoms with Gasteiger partial charge in [-0.1, -0.05) is 31.2 Å². The Morgan fingerprint density at radius 2 is 1.74 bits per heavy atom. The summed E-state index contributed by atoms with van der Waals surface area (Å²) in [5.41, 5.74) is 4.98. The topological polar surface area (TPSA) is 63.4 Å². The summed E-state index contributed by atoms with van der Waals surface area (Å²) in [6.45, 7) is 2.51. The number of Topliss-reactive ketones (excluding diaryl/α,β-unsaturated/α-hetero) is 1. The van der Waals surface area contributed by atoms with Crippen molar-refractivity contribution in [2.24, 2.45) is 0 Å². The molecule has 0 N–H and O–H groups in total. The van der Waals surface area contributed by atoms with E-state index in [2.05, 4.69) is 4.98 Å². The van der Waals surface area contributed by atoms with Crippen LogP contribution in [-0.2, 0) is 0 Å². The van der Waals surface area contributed by atoms with Crippen LogP contribution in [0.15, 0.2) is 95.5 Å². The Labute approximate surface area is 225 Å². The number of ketones is 1. The number of nitrogens with zero attached hydrogens (tertiary/aromatic N) is 2. The predicted molar refractivity (Wildman–Crippen MR) is 149 cm³/mol. The lowest BCUT2D eigenvalue weighted by Crippen LogP contribution is -2.30. The standard InChI is InChI=1S/C33H27FN2O3/c1-2-29(37)31-26-20-23(13-16-30(26)39-32(31)21-11-14-25(34)15-12-21)22-7-5-8-24(19-22)33(38)36-18-6-10-28(36)27-9-3-4-17-35-27/h3-5,7-9,11-17,19-20,28H,2,6,10,18H2,1H3. The highest BCUT2D eigenvalue weighted by Gasteiger charge is 2.31. The fraction of sp³-hybridized carbons (Fsp3) is 0.182. The third-order valence-corrected chi connectivity index (χ3v) is 7.38. The van der Waals surface area contributed by atoms with E-state index in [-0.39, 0.29) is 23.5 Å². The first-order valence-electron chi connectivity index (χ1n) is 13.2. The van der Waals surface area contributed by atoms with Gasteiger partial charge in [0.05, 0.1) is 17.3 Å². The number of carbonyl (C=O) groups excluding carboxylic acids is 2. The Morgan fingerprint density at radius 1 is 0.949 bits per heavy atom. The summed E-state index contributed by atoms with van der Waals surface area (Å²) in [5.74, 6) is 0.0151. The van der Waals surface area contributed by atoms with Crippen molar-refractivity contribution in [3.63, 3.8) is 0 Å². The lowest BCUT2D eigenvalue weighted by molar-refractivity contribution is 0.0732. The number of rotatable bonds is 6. The first kappa shape index (κ1) is 24.7. The van der Waals surface area contributed by atoms with Crippen LogP contribution in [0, 0.1) is 5.82 Å². The number of furan rings is 1. The average Bonchev–Trinajstić information content (AvgIpc) is 3.62. The van der Waals surface area contributed by atoms with Gasteiger partial charge in [0.25, 0.3) is 5.91 Å². The van der Waals surface area contributed by atoms with E-state index in [9.17, 15) is 14.0 Å². The highest BCUT2D eigenvalue weighted by atomic mass is 19.1. The third kappa shape index (κ3) is 4.63. The molecule has 1 aliphatic heterocycles. The summed E-state index contributed by atoms with van der Waals surface area (Å²) in [5, 5.41) is 0.699. The second-order valence-electron chi connectivity index (χ2n) is 9.79. The van der Waals surface area contributed by atoms with Gasteiger partial charge in [-0.15, -0.1) is 0 Å². The molecule has 1 fully saturated rings. The summed E-state index contributed by atoms with van der Waals surface area (Å²) in [6.07, 6.45) is 3.91. The van der Waals surface area contributed by atoms with Crippen LogP contribution in [0.3, 0.4) is 0 Å². The Bertz CT molecular complexity index is 1680. The molecule has 1 atom stereocenters. The number of hydrogen-bond acceptors (Lipinski definition) is 4. The minimum Gasteiger partial charge on any atom is -0.455 e. The second-order valence-corrected chi connectivity index (χ2v) is 9.79. The molecule has 0 aliphatic carbocycles. The van der Waals surface area contributed by atoms with Gasteiger partial charge in [0.15, 0.2) is 5.78 Å². The van der Waals surface area contributed by atoms with Crippen molar-refractivity contribution in [2.45, 2.75) is 32.2 Å². The molecule has 5 nitrogen and oxygen atoms in total. The molecule has 1 aliphatic rings. The van der Waals surface area contributed by atoms with Gasteiger partial charge in [0.1, 0.15) is 17.2 Å². The number of aromatic nitrogens is 1. The predicted octanol–water partition coefficient (Wildman–Crippen LogP) is 7.87. The van der Waals surface area contributed by atoms with Crippen molar-refractivity contribution >= 4 is 22.7 Å². The number of pyridine rings is 1. The first-order valence-corrected chi connectivity index (χ1v) is 13.2. The summed E-state index contributed by atoms with van der Waals surface area (Å²) in [4.78, 5) is 33.1. The van der Waals surface area contributed by atoms with Crippen LogP contribution in [0.2, 0.25) is 0 Å². The molecule has 2 aromatic heterocycles. The second kappa shape index (κ2) is 10.3. The quantitative estimate of drug-likeness (QED) is 0.215. The molecule has 39 heavy (non-hydrogen) atoms. The normalized spacial score (nSPS) is 15.1. The van der Waals surface area contributed by atoms with E-state index >= 15 is 0 Å². The molecule has 0 spiro atoms. The van der Waals surface area contributed by atoms with Gasteiger partial charge < -0.3 is 9.32 Å². The monoisotopic (exact) mass is 518 g/mol. The molecule has 3 heterocycles. The van der Waals surface area contributed by atoms with Crippen molar-refractivity contribution in [2.75, 3.05) is 6.54 Å². The molecule has 1 unspecified atom stereocenters. The number of benzene rings is 3. The molecule has 6 rings (SSSR count). The van der Waals surface area contributed by atoms with E-state index < -0.39 is 0 Å². The minimum absolute atomic E-state index is 0.0187. The highest BCUT2D eigenvalue weighted by molar-refractivity contribution is 6.12. The maximum Gasteiger partial charge on any atom is 0.254 e. The first-order chi connectivity index (χ1) is 19.0. The molecular weight excluding hydrogens is 491 g/mol. The van der Waals surface area contributed by atoms with Crippen molar-refractivity contribution < 1.29 is 18.4 Å². The number of likely N-dealkylation sites (tertiary alicyclic amines) is 1. The Balaban J connectivity index is 1.37. The van der Waals surface area contributed by atoms with Crippen LogP contribution in [0.1, 0.15) is 58.6 Å². The minimum atomic E-state index is -0.352. The summed E-state index contributed by atoms with van der Waals surface area (Å²) in [6, 6.07) is 25.0. The van der Waals surface area contributed by atoms with Crippen molar-refractivity contribution in [3.05, 3.63) is 114 Å². The van der Waals surface area contributed by atoms with Crippen LogP contribution >= 0.6 is 0 Å². The van der Waals surface area contributed by atoms with Gasteiger partial charge in [0.2, 0.25) is 0 Å². The van der Waals surface area contributed by atoms with Gasteiger partial charge in [0, 0.05) is 35.7 Å². The summed E-state index contributed by atoms with van der Waals surface area (Å²) >= 11 is 0. The Morgan fingerprint density at radius 3 is 2.51 bits per heavy atom. The lowest BCUT2D eigenvalue weighted by atomic mass is 9.97. The molecule has 6 heteroatoms. The SMILES string of the molecule is CCC(=O)c1c(-c2ccc(F)cc2)oc2ccc(-c3cccc(C(=O)N4CCCC4c4ccccn4)c3)cc12. The molecular formula is C33H27FN2O3. The zero-order valence-electron chi connectivity index (χ0n) is 21.6. The van der Waals surface area contributed by atoms with E-state index in [0.29, 0.717) is 46.4 Å². The van der Waals surface area contributed by atoms with Crippen molar-refractivity contribution in [1.29, 1.82) is 0 Å². The zero-order chi connectivity index (χ0) is 26.9. The van der Waals surface area contributed by atoms with Gasteiger partial charge in [-0.25, -0.2) is 4.39 Å². The molecule has 5 aromatic rings. The van der Waals surface area contributed by atoms with Crippen LogP contribution in [-0.4, -0.2) is 28.1 Å². The fourth-order valence-corrected chi connectivity index (χ4v) is 5.42. The number of amides is 1. The molecule has 1 saturated heterocycles. The maximum absolute atomic E-state index is 13.6. The largest absolute Gasteiger partial charge is 0.455 e. The molecule has 3 aromatic carbocycles. The van der Waals surface area contributed by atoms with Gasteiger partial charge >= 0.3 is 0 Å². The number of halogens is 1. The molecule has 0 radical (unpaired) electrons. The van der Waals surface area contributed by atoms with Crippen LogP contribution < -0.4 is 0 Å². The molecule has 0 bridgehead atoms. The number of carbonyl (C=O) groups is 2. The smallest absolute Gasteiger partial charge is 0.254 e. The number of hydrogen-bond donors (Lipinski definition) is 0. The van der Waals surface area contributed by atoms with Gasteiger partial charge in [-0.3, -0.25) is 14.6 Å². The molecule has 1 amide bonds.